The zero-order valence-electron chi connectivity index (χ0n) is 15.4. The normalized spacial score (nSPS) is 10.5. The molecule has 0 saturated heterocycles. The molecule has 1 heterocycles. The molecule has 140 valence electrons. The van der Waals surface area contributed by atoms with Crippen LogP contribution in [0.3, 0.4) is 0 Å². The Hall–Kier alpha value is -2.56. The maximum atomic E-state index is 12.6. The van der Waals surface area contributed by atoms with Gasteiger partial charge in [-0.15, -0.1) is 0 Å². The van der Waals surface area contributed by atoms with Crippen LogP contribution in [0.2, 0.25) is 0 Å². The van der Waals surface area contributed by atoms with Crippen LogP contribution in [0.5, 0.6) is 0 Å². The second-order valence-corrected chi connectivity index (χ2v) is 6.38. The Bertz CT molecular complexity index is 653. The van der Waals surface area contributed by atoms with Crippen molar-refractivity contribution in [3.8, 4) is 0 Å². The number of nitrogens with one attached hydrogen (secondary N) is 1. The predicted molar refractivity (Wildman–Crippen MR) is 102 cm³/mol. The third-order valence-electron chi connectivity index (χ3n) is 4.28. The number of furan rings is 1. The van der Waals surface area contributed by atoms with Crippen molar-refractivity contribution in [3.05, 3.63) is 60.1 Å². The Kier molecular flexibility index (Phi) is 8.46. The molecule has 0 saturated carbocycles. The standard InChI is InChI=1S/C21H28N2O3/c1-2-3-4-8-13-23(21(25)19-12-15-26-17-19)14-11-20(24)22-16-18-9-6-5-7-10-18/h5-7,9-10,12,15,17H,2-4,8,11,13-14,16H2,1H3,(H,22,24). The molecule has 0 aliphatic heterocycles. The second-order valence-electron chi connectivity index (χ2n) is 6.38. The fourth-order valence-electron chi connectivity index (χ4n) is 2.73. The van der Waals surface area contributed by atoms with Gasteiger partial charge in [0.05, 0.1) is 11.8 Å². The number of carbonyl (C=O) groups is 2. The van der Waals surface area contributed by atoms with Crippen LogP contribution >= 0.6 is 0 Å². The molecule has 0 unspecified atom stereocenters. The van der Waals surface area contributed by atoms with Crippen LogP contribution in [0.25, 0.3) is 0 Å². The van der Waals surface area contributed by atoms with Gasteiger partial charge >= 0.3 is 0 Å². The molecule has 0 fully saturated rings. The number of rotatable bonds is 11. The fraction of sp³-hybridized carbons (Fsp3) is 0.429. The number of amides is 2. The number of carbonyl (C=O) groups excluding carboxylic acids is 2. The van der Waals surface area contributed by atoms with E-state index >= 15 is 0 Å². The smallest absolute Gasteiger partial charge is 0.257 e. The third-order valence-corrected chi connectivity index (χ3v) is 4.28. The van der Waals surface area contributed by atoms with Gasteiger partial charge in [0, 0.05) is 26.1 Å². The number of hydrogen-bond acceptors (Lipinski definition) is 3. The van der Waals surface area contributed by atoms with E-state index in [1.54, 1.807) is 11.0 Å². The molecule has 0 aliphatic carbocycles. The summed E-state index contributed by atoms with van der Waals surface area (Å²) in [5, 5.41) is 2.91. The molecule has 2 aromatic rings. The van der Waals surface area contributed by atoms with Crippen LogP contribution in [-0.2, 0) is 11.3 Å². The lowest BCUT2D eigenvalue weighted by Crippen LogP contribution is -2.35. The highest BCUT2D eigenvalue weighted by Crippen LogP contribution is 2.09. The van der Waals surface area contributed by atoms with Crippen molar-refractivity contribution in [2.24, 2.45) is 0 Å². The Morgan fingerprint density at radius 1 is 1.04 bits per heavy atom. The van der Waals surface area contributed by atoms with Gasteiger partial charge in [-0.3, -0.25) is 9.59 Å². The summed E-state index contributed by atoms with van der Waals surface area (Å²) < 4.78 is 5.02. The molecule has 0 radical (unpaired) electrons. The highest BCUT2D eigenvalue weighted by atomic mass is 16.3. The lowest BCUT2D eigenvalue weighted by atomic mass is 10.2. The molecular weight excluding hydrogens is 328 g/mol. The van der Waals surface area contributed by atoms with Crippen LogP contribution in [0.1, 0.15) is 54.9 Å². The van der Waals surface area contributed by atoms with Gasteiger partial charge in [-0.1, -0.05) is 56.5 Å². The minimum atomic E-state index is -0.0777. The van der Waals surface area contributed by atoms with Crippen molar-refractivity contribution in [1.82, 2.24) is 10.2 Å². The zero-order chi connectivity index (χ0) is 18.6. The molecule has 1 aromatic heterocycles. The summed E-state index contributed by atoms with van der Waals surface area (Å²) in [5.74, 6) is -0.126. The summed E-state index contributed by atoms with van der Waals surface area (Å²) in [6, 6.07) is 11.5. The van der Waals surface area contributed by atoms with Crippen molar-refractivity contribution in [2.45, 2.75) is 45.6 Å². The van der Waals surface area contributed by atoms with E-state index in [9.17, 15) is 9.59 Å². The van der Waals surface area contributed by atoms with Gasteiger partial charge in [-0.05, 0) is 18.1 Å². The van der Waals surface area contributed by atoms with E-state index in [2.05, 4.69) is 12.2 Å². The van der Waals surface area contributed by atoms with Crippen molar-refractivity contribution in [1.29, 1.82) is 0 Å². The topological polar surface area (TPSA) is 62.6 Å². The molecule has 26 heavy (non-hydrogen) atoms. The highest BCUT2D eigenvalue weighted by Gasteiger charge is 2.17. The Labute approximate surface area is 155 Å². The first kappa shape index (κ1) is 19.8. The van der Waals surface area contributed by atoms with Gasteiger partial charge in [-0.2, -0.15) is 0 Å². The monoisotopic (exact) mass is 356 g/mol. The zero-order valence-corrected chi connectivity index (χ0v) is 15.4. The van der Waals surface area contributed by atoms with Crippen molar-refractivity contribution >= 4 is 11.8 Å². The van der Waals surface area contributed by atoms with Crippen LogP contribution in [-0.4, -0.2) is 29.8 Å². The molecule has 0 aliphatic rings. The van der Waals surface area contributed by atoms with Crippen LogP contribution < -0.4 is 5.32 Å². The van der Waals surface area contributed by atoms with Gasteiger partial charge in [0.2, 0.25) is 5.91 Å². The summed E-state index contributed by atoms with van der Waals surface area (Å²) in [6.45, 7) is 3.74. The second kappa shape index (κ2) is 11.1. The van der Waals surface area contributed by atoms with E-state index < -0.39 is 0 Å². The molecule has 5 heteroatoms. The third kappa shape index (κ3) is 6.75. The van der Waals surface area contributed by atoms with Gasteiger partial charge in [0.25, 0.3) is 5.91 Å². The SMILES string of the molecule is CCCCCCN(CCC(=O)NCc1ccccc1)C(=O)c1ccoc1. The molecule has 2 rings (SSSR count). The number of hydrogen-bond donors (Lipinski definition) is 1. The van der Waals surface area contributed by atoms with Gasteiger partial charge in [0.15, 0.2) is 0 Å². The van der Waals surface area contributed by atoms with E-state index in [0.29, 0.717) is 31.6 Å². The number of benzene rings is 1. The minimum absolute atomic E-state index is 0.0487. The van der Waals surface area contributed by atoms with E-state index in [1.165, 1.54) is 12.5 Å². The lowest BCUT2D eigenvalue weighted by Gasteiger charge is -2.22. The van der Waals surface area contributed by atoms with Gasteiger partial charge in [0.1, 0.15) is 6.26 Å². The summed E-state index contributed by atoms with van der Waals surface area (Å²) in [7, 11) is 0. The molecule has 1 N–H and O–H groups in total. The first-order valence-corrected chi connectivity index (χ1v) is 9.32. The highest BCUT2D eigenvalue weighted by molar-refractivity contribution is 5.94. The van der Waals surface area contributed by atoms with Crippen LogP contribution in [0, 0.1) is 0 Å². The lowest BCUT2D eigenvalue weighted by molar-refractivity contribution is -0.121. The number of nitrogens with zero attached hydrogens (tertiary/aromatic N) is 1. The van der Waals surface area contributed by atoms with E-state index in [-0.39, 0.29) is 11.8 Å². The average molecular weight is 356 g/mol. The molecule has 2 amide bonds. The fourth-order valence-corrected chi connectivity index (χ4v) is 2.73. The Morgan fingerprint density at radius 3 is 2.54 bits per heavy atom. The molecular formula is C21H28N2O3. The summed E-state index contributed by atoms with van der Waals surface area (Å²) in [4.78, 5) is 26.5. The van der Waals surface area contributed by atoms with Crippen LogP contribution in [0.4, 0.5) is 0 Å². The Balaban J connectivity index is 1.82. The number of unbranched alkanes of at least 4 members (excludes halogenated alkanes) is 3. The minimum Gasteiger partial charge on any atom is -0.472 e. The molecule has 0 atom stereocenters. The quantitative estimate of drug-likeness (QED) is 0.619. The average Bonchev–Trinajstić information content (AvgIpc) is 3.21. The molecule has 1 aromatic carbocycles. The van der Waals surface area contributed by atoms with Crippen molar-refractivity contribution in [2.75, 3.05) is 13.1 Å². The maximum absolute atomic E-state index is 12.6. The van der Waals surface area contributed by atoms with Gasteiger partial charge in [-0.25, -0.2) is 0 Å². The summed E-state index contributed by atoms with van der Waals surface area (Å²) in [5.41, 5.74) is 1.59. The van der Waals surface area contributed by atoms with E-state index in [4.69, 9.17) is 4.42 Å². The summed E-state index contributed by atoms with van der Waals surface area (Å²) >= 11 is 0. The Morgan fingerprint density at radius 2 is 1.85 bits per heavy atom. The molecule has 5 nitrogen and oxygen atoms in total. The summed E-state index contributed by atoms with van der Waals surface area (Å²) in [6.07, 6.45) is 7.59. The largest absolute Gasteiger partial charge is 0.472 e. The van der Waals surface area contributed by atoms with Gasteiger partial charge < -0.3 is 14.6 Å². The van der Waals surface area contributed by atoms with Crippen molar-refractivity contribution in [3.63, 3.8) is 0 Å². The molecule has 0 spiro atoms. The first-order valence-electron chi connectivity index (χ1n) is 9.32. The van der Waals surface area contributed by atoms with Crippen molar-refractivity contribution < 1.29 is 14.0 Å². The maximum Gasteiger partial charge on any atom is 0.257 e. The predicted octanol–water partition coefficient (Wildman–Crippen LogP) is 4.01. The molecule has 0 bridgehead atoms. The van der Waals surface area contributed by atoms with Crippen LogP contribution in [0.15, 0.2) is 53.3 Å². The first-order chi connectivity index (χ1) is 12.7. The van der Waals surface area contributed by atoms with E-state index in [1.807, 2.05) is 30.3 Å². The van der Waals surface area contributed by atoms with E-state index in [0.717, 1.165) is 31.2 Å².